The number of nitrogens with zero attached hydrogens (tertiary/aromatic N) is 2. The molecule has 0 saturated heterocycles. The summed E-state index contributed by atoms with van der Waals surface area (Å²) in [5.74, 6) is 1.78. The Kier molecular flexibility index (Phi) is 8.48. The van der Waals surface area contributed by atoms with Gasteiger partial charge in [-0.15, -0.1) is 0 Å². The SMILES string of the molecule is CN=C(NCCc1cc(C)ccc1OC)NCCN(C)C(C)C. The molecule has 1 aromatic carbocycles. The quantitative estimate of drug-likeness (QED) is 0.568. The lowest BCUT2D eigenvalue weighted by Crippen LogP contribution is -2.42. The molecule has 5 heteroatoms. The number of hydrogen-bond donors (Lipinski definition) is 2. The third-order valence-corrected chi connectivity index (χ3v) is 3.98. The Labute approximate surface area is 141 Å². The molecule has 0 aliphatic rings. The largest absolute Gasteiger partial charge is 0.496 e. The molecule has 0 aromatic heterocycles. The Balaban J connectivity index is 2.40. The third-order valence-electron chi connectivity index (χ3n) is 3.98. The van der Waals surface area contributed by atoms with E-state index in [1.54, 1.807) is 14.2 Å². The van der Waals surface area contributed by atoms with Crippen molar-refractivity contribution >= 4 is 5.96 Å². The molecule has 0 saturated carbocycles. The van der Waals surface area contributed by atoms with Crippen molar-refractivity contribution in [1.29, 1.82) is 0 Å². The van der Waals surface area contributed by atoms with Gasteiger partial charge in [-0.1, -0.05) is 17.7 Å². The van der Waals surface area contributed by atoms with Gasteiger partial charge in [0.15, 0.2) is 5.96 Å². The summed E-state index contributed by atoms with van der Waals surface area (Å²) in [4.78, 5) is 6.57. The first-order valence-corrected chi connectivity index (χ1v) is 8.26. The first-order chi connectivity index (χ1) is 11.0. The second kappa shape index (κ2) is 10.1. The van der Waals surface area contributed by atoms with Gasteiger partial charge < -0.3 is 20.3 Å². The fraction of sp³-hybridized carbons (Fsp3) is 0.611. The first kappa shape index (κ1) is 19.3. The summed E-state index contributed by atoms with van der Waals surface area (Å²) in [6, 6.07) is 6.83. The van der Waals surface area contributed by atoms with E-state index in [4.69, 9.17) is 4.74 Å². The molecular formula is C18H32N4O. The lowest BCUT2D eigenvalue weighted by molar-refractivity contribution is 0.278. The zero-order valence-electron chi connectivity index (χ0n) is 15.4. The first-order valence-electron chi connectivity index (χ1n) is 8.26. The Morgan fingerprint density at radius 2 is 1.96 bits per heavy atom. The predicted molar refractivity (Wildman–Crippen MR) is 98.6 cm³/mol. The molecule has 5 nitrogen and oxygen atoms in total. The number of benzene rings is 1. The van der Waals surface area contributed by atoms with E-state index in [9.17, 15) is 0 Å². The van der Waals surface area contributed by atoms with Crippen LogP contribution in [-0.2, 0) is 6.42 Å². The molecule has 0 atom stereocenters. The van der Waals surface area contributed by atoms with Crippen LogP contribution in [-0.4, -0.2) is 57.7 Å². The molecule has 0 fully saturated rings. The molecule has 0 amide bonds. The van der Waals surface area contributed by atoms with E-state index in [0.29, 0.717) is 6.04 Å². The van der Waals surface area contributed by atoms with Crippen LogP contribution < -0.4 is 15.4 Å². The van der Waals surface area contributed by atoms with E-state index in [2.05, 4.69) is 60.5 Å². The van der Waals surface area contributed by atoms with Gasteiger partial charge in [0.25, 0.3) is 0 Å². The number of nitrogens with one attached hydrogen (secondary N) is 2. The number of ether oxygens (including phenoxy) is 1. The van der Waals surface area contributed by atoms with Crippen molar-refractivity contribution in [1.82, 2.24) is 15.5 Å². The second-order valence-corrected chi connectivity index (χ2v) is 6.07. The Bertz CT molecular complexity index is 500. The number of aryl methyl sites for hydroxylation is 1. The minimum Gasteiger partial charge on any atom is -0.496 e. The summed E-state index contributed by atoms with van der Waals surface area (Å²) in [6.07, 6.45) is 0.900. The normalized spacial score (nSPS) is 11.9. The summed E-state index contributed by atoms with van der Waals surface area (Å²) < 4.78 is 5.42. The maximum atomic E-state index is 5.42. The smallest absolute Gasteiger partial charge is 0.191 e. The van der Waals surface area contributed by atoms with Crippen molar-refractivity contribution in [3.8, 4) is 5.75 Å². The molecule has 0 spiro atoms. The zero-order chi connectivity index (χ0) is 17.2. The van der Waals surface area contributed by atoms with Crippen LogP contribution >= 0.6 is 0 Å². The van der Waals surface area contributed by atoms with Crippen LogP contribution in [0.15, 0.2) is 23.2 Å². The fourth-order valence-electron chi connectivity index (χ4n) is 2.25. The minimum absolute atomic E-state index is 0.556. The van der Waals surface area contributed by atoms with Crippen LogP contribution in [0.4, 0.5) is 0 Å². The number of hydrogen-bond acceptors (Lipinski definition) is 3. The highest BCUT2D eigenvalue weighted by atomic mass is 16.5. The van der Waals surface area contributed by atoms with Gasteiger partial charge in [0.2, 0.25) is 0 Å². The molecule has 0 aliphatic carbocycles. The highest BCUT2D eigenvalue weighted by Gasteiger charge is 2.05. The molecular weight excluding hydrogens is 288 g/mol. The Hall–Kier alpha value is -1.75. The minimum atomic E-state index is 0.556. The lowest BCUT2D eigenvalue weighted by atomic mass is 10.1. The summed E-state index contributed by atoms with van der Waals surface area (Å²) >= 11 is 0. The molecule has 23 heavy (non-hydrogen) atoms. The van der Waals surface area contributed by atoms with Gasteiger partial charge in [-0.3, -0.25) is 4.99 Å². The van der Waals surface area contributed by atoms with Crippen molar-refractivity contribution in [2.75, 3.05) is 40.8 Å². The number of likely N-dealkylation sites (N-methyl/N-ethyl adjacent to an activating group) is 1. The highest BCUT2D eigenvalue weighted by molar-refractivity contribution is 5.79. The van der Waals surface area contributed by atoms with Gasteiger partial charge >= 0.3 is 0 Å². The van der Waals surface area contributed by atoms with Gasteiger partial charge in [0.05, 0.1) is 7.11 Å². The molecule has 0 unspecified atom stereocenters. The van der Waals surface area contributed by atoms with Gasteiger partial charge in [0, 0.05) is 32.7 Å². The molecule has 1 rings (SSSR count). The zero-order valence-corrected chi connectivity index (χ0v) is 15.4. The van der Waals surface area contributed by atoms with Gasteiger partial charge in [-0.2, -0.15) is 0 Å². The molecule has 0 bridgehead atoms. The van der Waals surface area contributed by atoms with Crippen molar-refractivity contribution in [3.63, 3.8) is 0 Å². The number of methoxy groups -OCH3 is 1. The van der Waals surface area contributed by atoms with Crippen LogP contribution in [0.5, 0.6) is 5.75 Å². The van der Waals surface area contributed by atoms with Crippen molar-refractivity contribution < 1.29 is 4.74 Å². The standard InChI is InChI=1S/C18H32N4O/c1-14(2)22(5)12-11-21-18(19-4)20-10-9-16-13-15(3)7-8-17(16)23-6/h7-8,13-14H,9-12H2,1-6H3,(H2,19,20,21). The summed E-state index contributed by atoms with van der Waals surface area (Å²) in [6.45, 7) is 9.18. The van der Waals surface area contributed by atoms with Crippen LogP contribution in [0.3, 0.4) is 0 Å². The Morgan fingerprint density at radius 1 is 1.26 bits per heavy atom. The van der Waals surface area contributed by atoms with E-state index >= 15 is 0 Å². The summed E-state index contributed by atoms with van der Waals surface area (Å²) in [5.41, 5.74) is 2.47. The second-order valence-electron chi connectivity index (χ2n) is 6.07. The van der Waals surface area contributed by atoms with E-state index in [-0.39, 0.29) is 0 Å². The topological polar surface area (TPSA) is 48.9 Å². The molecule has 0 aliphatic heterocycles. The van der Waals surface area contributed by atoms with E-state index in [1.165, 1.54) is 11.1 Å². The van der Waals surface area contributed by atoms with Crippen molar-refractivity contribution in [2.45, 2.75) is 33.2 Å². The van der Waals surface area contributed by atoms with Gasteiger partial charge in [0.1, 0.15) is 5.75 Å². The molecule has 0 radical (unpaired) electrons. The van der Waals surface area contributed by atoms with E-state index in [1.807, 2.05) is 6.07 Å². The maximum absolute atomic E-state index is 5.42. The fourth-order valence-corrected chi connectivity index (χ4v) is 2.25. The molecule has 1 aromatic rings. The highest BCUT2D eigenvalue weighted by Crippen LogP contribution is 2.19. The predicted octanol–water partition coefficient (Wildman–Crippen LogP) is 2.05. The number of aliphatic imine (C=N–C) groups is 1. The van der Waals surface area contributed by atoms with Gasteiger partial charge in [-0.05, 0) is 45.9 Å². The number of rotatable bonds is 8. The van der Waals surface area contributed by atoms with Crippen LogP contribution in [0, 0.1) is 6.92 Å². The van der Waals surface area contributed by atoms with Crippen LogP contribution in [0.1, 0.15) is 25.0 Å². The van der Waals surface area contributed by atoms with E-state index < -0.39 is 0 Å². The Morgan fingerprint density at radius 3 is 2.57 bits per heavy atom. The molecule has 2 N–H and O–H groups in total. The number of guanidine groups is 1. The van der Waals surface area contributed by atoms with Crippen LogP contribution in [0.2, 0.25) is 0 Å². The monoisotopic (exact) mass is 320 g/mol. The molecule has 0 heterocycles. The average molecular weight is 320 g/mol. The van der Waals surface area contributed by atoms with E-state index in [0.717, 1.165) is 37.8 Å². The third kappa shape index (κ3) is 6.91. The summed E-state index contributed by atoms with van der Waals surface area (Å²) in [5, 5.41) is 6.70. The van der Waals surface area contributed by atoms with Gasteiger partial charge in [-0.25, -0.2) is 0 Å². The average Bonchev–Trinajstić information content (AvgIpc) is 2.53. The lowest BCUT2D eigenvalue weighted by Gasteiger charge is -2.21. The molecule has 130 valence electrons. The summed E-state index contributed by atoms with van der Waals surface area (Å²) in [7, 11) is 5.65. The van der Waals surface area contributed by atoms with Crippen LogP contribution in [0.25, 0.3) is 0 Å². The van der Waals surface area contributed by atoms with Crippen molar-refractivity contribution in [2.24, 2.45) is 4.99 Å². The van der Waals surface area contributed by atoms with Crippen molar-refractivity contribution in [3.05, 3.63) is 29.3 Å². The maximum Gasteiger partial charge on any atom is 0.191 e.